The van der Waals surface area contributed by atoms with Crippen molar-refractivity contribution in [2.45, 2.75) is 25.5 Å². The third kappa shape index (κ3) is 3.23. The van der Waals surface area contributed by atoms with E-state index in [0.717, 1.165) is 54.6 Å². The first-order valence-corrected chi connectivity index (χ1v) is 7.33. The minimum absolute atomic E-state index is 0.200. The molecular formula is C16H18ClNO2. The van der Waals surface area contributed by atoms with E-state index in [-0.39, 0.29) is 6.10 Å². The first-order chi connectivity index (χ1) is 9.70. The maximum atomic E-state index is 9.68. The monoisotopic (exact) mass is 291 g/mol. The summed E-state index contributed by atoms with van der Waals surface area (Å²) in [6.45, 7) is 2.51. The van der Waals surface area contributed by atoms with Gasteiger partial charge < -0.3 is 9.52 Å². The highest BCUT2D eigenvalue weighted by atomic mass is 35.5. The van der Waals surface area contributed by atoms with Crippen LogP contribution in [0.5, 0.6) is 0 Å². The van der Waals surface area contributed by atoms with Gasteiger partial charge in [0, 0.05) is 17.1 Å². The molecule has 0 aliphatic carbocycles. The van der Waals surface area contributed by atoms with E-state index in [1.807, 2.05) is 36.4 Å². The molecule has 4 heteroatoms. The number of likely N-dealkylation sites (tertiary alicyclic amines) is 1. The summed E-state index contributed by atoms with van der Waals surface area (Å²) in [5.41, 5.74) is 1.03. The van der Waals surface area contributed by atoms with Crippen molar-refractivity contribution >= 4 is 11.6 Å². The molecule has 1 aliphatic heterocycles. The third-order valence-corrected chi connectivity index (χ3v) is 3.90. The van der Waals surface area contributed by atoms with Gasteiger partial charge in [0.2, 0.25) is 0 Å². The molecule has 2 aromatic rings. The van der Waals surface area contributed by atoms with Gasteiger partial charge in [-0.25, -0.2) is 0 Å². The van der Waals surface area contributed by atoms with Gasteiger partial charge in [0.05, 0.1) is 12.6 Å². The average molecular weight is 292 g/mol. The summed E-state index contributed by atoms with van der Waals surface area (Å²) in [7, 11) is 0. The maximum absolute atomic E-state index is 9.68. The lowest BCUT2D eigenvalue weighted by molar-refractivity contribution is 0.0635. The maximum Gasteiger partial charge on any atom is 0.134 e. The SMILES string of the molecule is OC1CCCN(Cc2ccc(-c3ccc(Cl)cc3)o2)C1. The van der Waals surface area contributed by atoms with Crippen LogP contribution in [0.1, 0.15) is 18.6 Å². The van der Waals surface area contributed by atoms with Crippen LogP contribution in [0, 0.1) is 0 Å². The van der Waals surface area contributed by atoms with Crippen LogP contribution in [0.25, 0.3) is 11.3 Å². The molecule has 0 amide bonds. The van der Waals surface area contributed by atoms with E-state index in [4.69, 9.17) is 16.0 Å². The van der Waals surface area contributed by atoms with Gasteiger partial charge in [-0.15, -0.1) is 0 Å². The van der Waals surface area contributed by atoms with Crippen LogP contribution < -0.4 is 0 Å². The summed E-state index contributed by atoms with van der Waals surface area (Å²) in [6.07, 6.45) is 1.76. The standard InChI is InChI=1S/C16H18ClNO2/c17-13-5-3-12(4-6-13)16-8-7-15(20-16)11-18-9-1-2-14(19)10-18/h3-8,14,19H,1-2,9-11H2. The molecule has 3 nitrogen and oxygen atoms in total. The molecule has 1 N–H and O–H groups in total. The van der Waals surface area contributed by atoms with Crippen molar-refractivity contribution < 1.29 is 9.52 Å². The van der Waals surface area contributed by atoms with E-state index in [0.29, 0.717) is 0 Å². The van der Waals surface area contributed by atoms with Crippen molar-refractivity contribution in [3.8, 4) is 11.3 Å². The minimum atomic E-state index is -0.200. The zero-order valence-electron chi connectivity index (χ0n) is 11.3. The Bertz CT molecular complexity index is 564. The van der Waals surface area contributed by atoms with Gasteiger partial charge >= 0.3 is 0 Å². The molecular weight excluding hydrogens is 274 g/mol. The van der Waals surface area contributed by atoms with Crippen molar-refractivity contribution in [3.63, 3.8) is 0 Å². The summed E-state index contributed by atoms with van der Waals surface area (Å²) >= 11 is 5.89. The molecule has 3 rings (SSSR count). The zero-order chi connectivity index (χ0) is 13.9. The number of aliphatic hydroxyl groups excluding tert-OH is 1. The normalized spacial score (nSPS) is 20.2. The van der Waals surface area contributed by atoms with Crippen LogP contribution >= 0.6 is 11.6 Å². The quantitative estimate of drug-likeness (QED) is 0.939. The molecule has 1 atom stereocenters. The molecule has 0 spiro atoms. The molecule has 1 aromatic carbocycles. The highest BCUT2D eigenvalue weighted by Crippen LogP contribution is 2.25. The van der Waals surface area contributed by atoms with Gasteiger partial charge in [0.25, 0.3) is 0 Å². The van der Waals surface area contributed by atoms with Crippen LogP contribution in [0.15, 0.2) is 40.8 Å². The predicted molar refractivity (Wildman–Crippen MR) is 79.7 cm³/mol. The molecule has 1 aliphatic rings. The number of benzene rings is 1. The molecule has 20 heavy (non-hydrogen) atoms. The average Bonchev–Trinajstić information content (AvgIpc) is 2.88. The summed E-state index contributed by atoms with van der Waals surface area (Å²) in [4.78, 5) is 2.23. The third-order valence-electron chi connectivity index (χ3n) is 3.65. The molecule has 106 valence electrons. The van der Waals surface area contributed by atoms with Gasteiger partial charge in [0.15, 0.2) is 0 Å². The first kappa shape index (κ1) is 13.7. The van der Waals surface area contributed by atoms with Crippen molar-refractivity contribution in [1.82, 2.24) is 4.90 Å². The molecule has 1 saturated heterocycles. The number of furan rings is 1. The van der Waals surface area contributed by atoms with E-state index in [2.05, 4.69) is 4.90 Å². The Balaban J connectivity index is 1.69. The molecule has 1 fully saturated rings. The van der Waals surface area contributed by atoms with Crippen LogP contribution in [0.3, 0.4) is 0 Å². The summed E-state index contributed by atoms with van der Waals surface area (Å²) in [6, 6.07) is 11.6. The lowest BCUT2D eigenvalue weighted by Gasteiger charge is -2.29. The fourth-order valence-corrected chi connectivity index (χ4v) is 2.75. The van der Waals surface area contributed by atoms with Crippen molar-refractivity contribution in [1.29, 1.82) is 0 Å². The van der Waals surface area contributed by atoms with E-state index in [9.17, 15) is 5.11 Å². The number of rotatable bonds is 3. The second-order valence-corrected chi connectivity index (χ2v) is 5.74. The van der Waals surface area contributed by atoms with E-state index < -0.39 is 0 Å². The Morgan fingerprint density at radius 1 is 1.20 bits per heavy atom. The fraction of sp³-hybridized carbons (Fsp3) is 0.375. The number of piperidine rings is 1. The van der Waals surface area contributed by atoms with Crippen molar-refractivity contribution in [3.05, 3.63) is 47.2 Å². The summed E-state index contributed by atoms with van der Waals surface area (Å²) < 4.78 is 5.88. The van der Waals surface area contributed by atoms with Crippen molar-refractivity contribution in [2.24, 2.45) is 0 Å². The molecule has 1 aromatic heterocycles. The van der Waals surface area contributed by atoms with Gasteiger partial charge in [0.1, 0.15) is 11.5 Å². The lowest BCUT2D eigenvalue weighted by Crippen LogP contribution is -2.37. The highest BCUT2D eigenvalue weighted by molar-refractivity contribution is 6.30. The first-order valence-electron chi connectivity index (χ1n) is 6.96. The zero-order valence-corrected chi connectivity index (χ0v) is 12.0. The van der Waals surface area contributed by atoms with E-state index >= 15 is 0 Å². The molecule has 2 heterocycles. The van der Waals surface area contributed by atoms with E-state index in [1.165, 1.54) is 0 Å². The van der Waals surface area contributed by atoms with Gasteiger partial charge in [-0.05, 0) is 55.8 Å². The van der Waals surface area contributed by atoms with Gasteiger partial charge in [-0.1, -0.05) is 11.6 Å². The number of hydrogen-bond donors (Lipinski definition) is 1. The second-order valence-electron chi connectivity index (χ2n) is 5.30. The van der Waals surface area contributed by atoms with Crippen LogP contribution in [-0.4, -0.2) is 29.2 Å². The number of halogens is 1. The largest absolute Gasteiger partial charge is 0.460 e. The van der Waals surface area contributed by atoms with Crippen molar-refractivity contribution in [2.75, 3.05) is 13.1 Å². The summed E-state index contributed by atoms with van der Waals surface area (Å²) in [5.74, 6) is 1.79. The molecule has 1 unspecified atom stereocenters. The highest BCUT2D eigenvalue weighted by Gasteiger charge is 2.18. The molecule has 0 radical (unpaired) electrons. The number of hydrogen-bond acceptors (Lipinski definition) is 3. The number of aliphatic hydroxyl groups is 1. The van der Waals surface area contributed by atoms with Crippen LogP contribution in [0.4, 0.5) is 0 Å². The molecule has 0 saturated carbocycles. The van der Waals surface area contributed by atoms with Crippen LogP contribution in [0.2, 0.25) is 5.02 Å². The minimum Gasteiger partial charge on any atom is -0.460 e. The second kappa shape index (κ2) is 6.00. The van der Waals surface area contributed by atoms with Gasteiger partial charge in [-0.3, -0.25) is 4.90 Å². The Hall–Kier alpha value is -1.29. The Kier molecular flexibility index (Phi) is 4.10. The number of β-amino-alcohol motifs (C(OH)–C–C–N with tert-alkyl or cyclic N) is 1. The van der Waals surface area contributed by atoms with Crippen LogP contribution in [-0.2, 0) is 6.54 Å². The smallest absolute Gasteiger partial charge is 0.134 e. The van der Waals surface area contributed by atoms with E-state index in [1.54, 1.807) is 0 Å². The number of nitrogens with zero attached hydrogens (tertiary/aromatic N) is 1. The Morgan fingerprint density at radius 2 is 2.00 bits per heavy atom. The topological polar surface area (TPSA) is 36.6 Å². The van der Waals surface area contributed by atoms with Gasteiger partial charge in [-0.2, -0.15) is 0 Å². The molecule has 0 bridgehead atoms. The predicted octanol–water partition coefficient (Wildman–Crippen LogP) is 3.56. The Morgan fingerprint density at radius 3 is 2.75 bits per heavy atom. The fourth-order valence-electron chi connectivity index (χ4n) is 2.63. The lowest BCUT2D eigenvalue weighted by atomic mass is 10.1. The Labute approximate surface area is 123 Å². The summed E-state index contributed by atoms with van der Waals surface area (Å²) in [5, 5.41) is 10.4.